The highest BCUT2D eigenvalue weighted by Crippen LogP contribution is 2.31. The second kappa shape index (κ2) is 9.15. The van der Waals surface area contributed by atoms with E-state index in [4.69, 9.17) is 9.68 Å². The minimum Gasteiger partial charge on any atom is -0.457 e. The van der Waals surface area contributed by atoms with E-state index in [1.54, 1.807) is 17.4 Å². The van der Waals surface area contributed by atoms with Gasteiger partial charge in [0.2, 0.25) is 5.91 Å². The van der Waals surface area contributed by atoms with Gasteiger partial charge in [-0.3, -0.25) is 4.79 Å². The quantitative estimate of drug-likeness (QED) is 0.319. The minimum atomic E-state index is -0.207. The number of para-hydroxylation sites is 2. The summed E-state index contributed by atoms with van der Waals surface area (Å²) in [5.74, 6) is 1.15. The zero-order valence-corrected chi connectivity index (χ0v) is 18.5. The summed E-state index contributed by atoms with van der Waals surface area (Å²) in [6.45, 7) is 0.907. The molecule has 0 atom stereocenters. The summed E-state index contributed by atoms with van der Waals surface area (Å²) in [5, 5.41) is 13.6. The standard InChI is InChI=1S/C26H20N4O2S/c27-14-5-15-30-17-18(20-6-1-3-8-22(20)30)10-13-25(31)28-16-19-11-12-23(32-19)26-29-21-7-2-4-9-24(21)33-26/h1-4,6-13,17H,5,15-16H2,(H,28,31)/b13-10+. The molecule has 0 aliphatic heterocycles. The summed E-state index contributed by atoms with van der Waals surface area (Å²) in [6.07, 6.45) is 5.73. The number of aromatic nitrogens is 2. The molecule has 0 spiro atoms. The summed E-state index contributed by atoms with van der Waals surface area (Å²) < 4.78 is 9.04. The SMILES string of the molecule is N#CCCn1cc(/C=C/C(=O)NCc2ccc(-c3nc4ccccc4s3)o2)c2ccccc21. The van der Waals surface area contributed by atoms with Crippen molar-refractivity contribution in [3.63, 3.8) is 0 Å². The van der Waals surface area contributed by atoms with Crippen molar-refractivity contribution in [2.75, 3.05) is 0 Å². The lowest BCUT2D eigenvalue weighted by molar-refractivity contribution is -0.116. The molecule has 1 amide bonds. The maximum atomic E-state index is 12.4. The van der Waals surface area contributed by atoms with Gasteiger partial charge in [-0.15, -0.1) is 11.3 Å². The van der Waals surface area contributed by atoms with Gasteiger partial charge in [-0.1, -0.05) is 30.3 Å². The molecule has 5 aromatic rings. The van der Waals surface area contributed by atoms with Gasteiger partial charge in [0.1, 0.15) is 5.76 Å². The average Bonchev–Trinajstić information content (AvgIpc) is 3.57. The predicted molar refractivity (Wildman–Crippen MR) is 130 cm³/mol. The Morgan fingerprint density at radius 3 is 2.88 bits per heavy atom. The zero-order chi connectivity index (χ0) is 22.6. The number of carbonyl (C=O) groups is 1. The maximum Gasteiger partial charge on any atom is 0.244 e. The summed E-state index contributed by atoms with van der Waals surface area (Å²) in [4.78, 5) is 17.0. The lowest BCUT2D eigenvalue weighted by atomic mass is 10.1. The molecular formula is C26H20N4O2S. The van der Waals surface area contributed by atoms with Gasteiger partial charge in [0.25, 0.3) is 0 Å². The monoisotopic (exact) mass is 452 g/mol. The lowest BCUT2D eigenvalue weighted by Crippen LogP contribution is -2.19. The van der Waals surface area contributed by atoms with Crippen LogP contribution in [0.3, 0.4) is 0 Å². The van der Waals surface area contributed by atoms with Crippen LogP contribution in [0.4, 0.5) is 0 Å². The molecule has 0 bridgehead atoms. The highest BCUT2D eigenvalue weighted by atomic mass is 32.1. The molecule has 33 heavy (non-hydrogen) atoms. The van der Waals surface area contributed by atoms with Crippen LogP contribution in [-0.4, -0.2) is 15.5 Å². The number of carbonyl (C=O) groups excluding carboxylic acids is 1. The van der Waals surface area contributed by atoms with E-state index in [0.717, 1.165) is 31.7 Å². The van der Waals surface area contributed by atoms with Gasteiger partial charge in [0, 0.05) is 35.3 Å². The predicted octanol–water partition coefficient (Wildman–Crippen LogP) is 5.75. The number of rotatable bonds is 7. The molecule has 1 N–H and O–H groups in total. The molecule has 5 rings (SSSR count). The number of aryl methyl sites for hydroxylation is 1. The minimum absolute atomic E-state index is 0.207. The van der Waals surface area contributed by atoms with Crippen molar-refractivity contribution < 1.29 is 9.21 Å². The van der Waals surface area contributed by atoms with Gasteiger partial charge < -0.3 is 14.3 Å². The molecule has 0 aliphatic rings. The highest BCUT2D eigenvalue weighted by Gasteiger charge is 2.11. The van der Waals surface area contributed by atoms with E-state index in [1.807, 2.05) is 71.4 Å². The van der Waals surface area contributed by atoms with Crippen LogP contribution in [0, 0.1) is 11.3 Å². The first-order chi connectivity index (χ1) is 16.2. The zero-order valence-electron chi connectivity index (χ0n) is 17.7. The van der Waals surface area contributed by atoms with Crippen molar-refractivity contribution >= 4 is 44.4 Å². The maximum absolute atomic E-state index is 12.4. The second-order valence-corrected chi connectivity index (χ2v) is 8.54. The third-order valence-electron chi connectivity index (χ3n) is 5.30. The molecule has 7 heteroatoms. The third-order valence-corrected chi connectivity index (χ3v) is 6.35. The number of furan rings is 1. The molecule has 3 heterocycles. The molecule has 0 saturated heterocycles. The lowest BCUT2D eigenvalue weighted by Gasteiger charge is -2.00. The summed E-state index contributed by atoms with van der Waals surface area (Å²) >= 11 is 1.58. The Labute approximate surface area is 194 Å². The van der Waals surface area contributed by atoms with Crippen molar-refractivity contribution in [2.45, 2.75) is 19.5 Å². The van der Waals surface area contributed by atoms with Crippen LogP contribution in [0.15, 0.2) is 77.4 Å². The molecule has 2 aromatic carbocycles. The number of hydrogen-bond donors (Lipinski definition) is 1. The van der Waals surface area contributed by atoms with Crippen molar-refractivity contribution in [3.05, 3.63) is 84.3 Å². The number of fused-ring (bicyclic) bond motifs is 2. The van der Waals surface area contributed by atoms with Crippen molar-refractivity contribution in [3.8, 4) is 16.8 Å². The van der Waals surface area contributed by atoms with E-state index >= 15 is 0 Å². The molecule has 0 aliphatic carbocycles. The van der Waals surface area contributed by atoms with Gasteiger partial charge in [-0.2, -0.15) is 5.26 Å². The topological polar surface area (TPSA) is 83.9 Å². The number of hydrogen-bond acceptors (Lipinski definition) is 5. The number of nitrogens with zero attached hydrogens (tertiary/aromatic N) is 3. The Morgan fingerprint density at radius 2 is 2.00 bits per heavy atom. The summed E-state index contributed by atoms with van der Waals surface area (Å²) in [6, 6.07) is 21.9. The van der Waals surface area contributed by atoms with Gasteiger partial charge in [-0.05, 0) is 36.4 Å². The number of benzene rings is 2. The van der Waals surface area contributed by atoms with Crippen LogP contribution in [-0.2, 0) is 17.9 Å². The van der Waals surface area contributed by atoms with Crippen LogP contribution >= 0.6 is 11.3 Å². The van der Waals surface area contributed by atoms with Crippen LogP contribution < -0.4 is 5.32 Å². The van der Waals surface area contributed by atoms with Gasteiger partial charge in [0.15, 0.2) is 10.8 Å². The first-order valence-corrected chi connectivity index (χ1v) is 11.4. The van der Waals surface area contributed by atoms with E-state index in [-0.39, 0.29) is 12.5 Å². The van der Waals surface area contributed by atoms with E-state index < -0.39 is 0 Å². The molecular weight excluding hydrogens is 432 g/mol. The van der Waals surface area contributed by atoms with Crippen LogP contribution in [0.1, 0.15) is 17.7 Å². The van der Waals surface area contributed by atoms with E-state index in [1.165, 1.54) is 6.08 Å². The summed E-state index contributed by atoms with van der Waals surface area (Å²) in [7, 11) is 0. The Hall–Kier alpha value is -4.15. The van der Waals surface area contributed by atoms with Crippen molar-refractivity contribution in [1.82, 2.24) is 14.9 Å². The number of thiazole rings is 1. The fourth-order valence-corrected chi connectivity index (χ4v) is 4.65. The fourth-order valence-electron chi connectivity index (χ4n) is 3.73. The molecule has 0 radical (unpaired) electrons. The highest BCUT2D eigenvalue weighted by molar-refractivity contribution is 7.21. The summed E-state index contributed by atoms with van der Waals surface area (Å²) in [5.41, 5.74) is 2.93. The molecule has 6 nitrogen and oxygen atoms in total. The van der Waals surface area contributed by atoms with Crippen LogP contribution in [0.25, 0.3) is 38.0 Å². The Morgan fingerprint density at radius 1 is 1.15 bits per heavy atom. The smallest absolute Gasteiger partial charge is 0.244 e. The van der Waals surface area contributed by atoms with Crippen LogP contribution in [0.2, 0.25) is 0 Å². The fraction of sp³-hybridized carbons (Fsp3) is 0.115. The van der Waals surface area contributed by atoms with E-state index in [0.29, 0.717) is 24.5 Å². The molecule has 162 valence electrons. The van der Waals surface area contributed by atoms with Crippen molar-refractivity contribution in [1.29, 1.82) is 5.26 Å². The first kappa shape index (κ1) is 20.7. The average molecular weight is 453 g/mol. The van der Waals surface area contributed by atoms with Gasteiger partial charge >= 0.3 is 0 Å². The molecule has 0 fully saturated rings. The van der Waals surface area contributed by atoms with Crippen molar-refractivity contribution in [2.24, 2.45) is 0 Å². The van der Waals surface area contributed by atoms with E-state index in [2.05, 4.69) is 16.4 Å². The third kappa shape index (κ3) is 4.43. The first-order valence-electron chi connectivity index (χ1n) is 10.6. The number of nitrogens with one attached hydrogen (secondary N) is 1. The van der Waals surface area contributed by atoms with E-state index in [9.17, 15) is 4.79 Å². The van der Waals surface area contributed by atoms with Gasteiger partial charge in [-0.25, -0.2) is 4.98 Å². The number of amides is 1. The Balaban J connectivity index is 1.25. The molecule has 0 unspecified atom stereocenters. The Kier molecular flexibility index (Phi) is 5.75. The Bertz CT molecular complexity index is 1480. The molecule has 0 saturated carbocycles. The van der Waals surface area contributed by atoms with Crippen LogP contribution in [0.5, 0.6) is 0 Å². The van der Waals surface area contributed by atoms with Gasteiger partial charge in [0.05, 0.1) is 29.3 Å². The second-order valence-electron chi connectivity index (χ2n) is 7.51. The largest absolute Gasteiger partial charge is 0.457 e. The molecule has 3 aromatic heterocycles. The normalized spacial score (nSPS) is 11.4. The number of nitriles is 1.